The van der Waals surface area contributed by atoms with Crippen LogP contribution in [0.1, 0.15) is 11.1 Å². The van der Waals surface area contributed by atoms with Gasteiger partial charge in [-0.05, 0) is 71.0 Å². The number of benzene rings is 2. The molecule has 2 nitrogen and oxygen atoms in total. The first-order chi connectivity index (χ1) is 10.1. The van der Waals surface area contributed by atoms with Crippen molar-refractivity contribution in [2.75, 3.05) is 5.32 Å². The zero-order valence-corrected chi connectivity index (χ0v) is 15.3. The SMILES string of the molecule is Cc1cc(I)ccc1NCc1ccc(Br)c2cccnc12. The van der Waals surface area contributed by atoms with Gasteiger partial charge < -0.3 is 5.32 Å². The summed E-state index contributed by atoms with van der Waals surface area (Å²) in [6, 6.07) is 14.7. The van der Waals surface area contributed by atoms with Crippen LogP contribution < -0.4 is 5.32 Å². The van der Waals surface area contributed by atoms with Crippen molar-refractivity contribution in [3.8, 4) is 0 Å². The first kappa shape index (κ1) is 14.8. The average Bonchev–Trinajstić information content (AvgIpc) is 2.48. The Bertz CT molecular complexity index is 802. The molecule has 0 aliphatic rings. The van der Waals surface area contributed by atoms with E-state index >= 15 is 0 Å². The summed E-state index contributed by atoms with van der Waals surface area (Å²) in [5.41, 5.74) is 4.67. The third-order valence-electron chi connectivity index (χ3n) is 3.46. The Morgan fingerprint density at radius 1 is 1.19 bits per heavy atom. The van der Waals surface area contributed by atoms with Crippen LogP contribution in [0.15, 0.2) is 53.1 Å². The summed E-state index contributed by atoms with van der Waals surface area (Å²) in [6.07, 6.45) is 1.84. The van der Waals surface area contributed by atoms with Crippen LogP contribution in [0.3, 0.4) is 0 Å². The van der Waals surface area contributed by atoms with E-state index in [1.54, 1.807) is 0 Å². The van der Waals surface area contributed by atoms with Crippen molar-refractivity contribution in [3.05, 3.63) is 67.8 Å². The lowest BCUT2D eigenvalue weighted by Gasteiger charge is -2.12. The van der Waals surface area contributed by atoms with E-state index in [-0.39, 0.29) is 0 Å². The summed E-state index contributed by atoms with van der Waals surface area (Å²) in [5.74, 6) is 0. The summed E-state index contributed by atoms with van der Waals surface area (Å²) in [5, 5.41) is 4.66. The monoisotopic (exact) mass is 452 g/mol. The van der Waals surface area contributed by atoms with Crippen LogP contribution in [-0.4, -0.2) is 4.98 Å². The standard InChI is InChI=1S/C17H14BrIN2/c1-11-9-13(19)5-7-16(11)21-10-12-4-6-15(18)14-3-2-8-20-17(12)14/h2-9,21H,10H2,1H3. The molecule has 0 saturated carbocycles. The van der Waals surface area contributed by atoms with Crippen molar-refractivity contribution in [3.63, 3.8) is 0 Å². The molecule has 1 heterocycles. The molecule has 0 unspecified atom stereocenters. The molecule has 1 N–H and O–H groups in total. The maximum atomic E-state index is 4.52. The third kappa shape index (κ3) is 3.21. The lowest BCUT2D eigenvalue weighted by atomic mass is 10.1. The molecule has 0 aliphatic carbocycles. The molecular formula is C17H14BrIN2. The van der Waals surface area contributed by atoms with E-state index in [2.05, 4.69) is 92.1 Å². The number of nitrogens with zero attached hydrogens (tertiary/aromatic N) is 1. The second-order valence-corrected chi connectivity index (χ2v) is 7.02. The van der Waals surface area contributed by atoms with E-state index in [1.807, 2.05) is 12.3 Å². The van der Waals surface area contributed by atoms with Gasteiger partial charge in [0, 0.05) is 31.9 Å². The molecule has 106 valence electrons. The lowest BCUT2D eigenvalue weighted by molar-refractivity contribution is 1.14. The van der Waals surface area contributed by atoms with Crippen molar-refractivity contribution in [2.45, 2.75) is 13.5 Å². The van der Waals surface area contributed by atoms with Gasteiger partial charge in [-0.1, -0.05) is 28.1 Å². The predicted molar refractivity (Wildman–Crippen MR) is 101 cm³/mol. The topological polar surface area (TPSA) is 24.9 Å². The van der Waals surface area contributed by atoms with Gasteiger partial charge in [-0.25, -0.2) is 0 Å². The summed E-state index contributed by atoms with van der Waals surface area (Å²) < 4.78 is 2.34. The number of pyridine rings is 1. The molecule has 0 saturated heterocycles. The number of nitrogens with one attached hydrogen (secondary N) is 1. The van der Waals surface area contributed by atoms with Crippen LogP contribution >= 0.6 is 38.5 Å². The van der Waals surface area contributed by atoms with Crippen molar-refractivity contribution < 1.29 is 0 Å². The van der Waals surface area contributed by atoms with Gasteiger partial charge in [0.05, 0.1) is 5.52 Å². The zero-order chi connectivity index (χ0) is 14.8. The molecule has 0 amide bonds. The molecule has 0 bridgehead atoms. The highest BCUT2D eigenvalue weighted by molar-refractivity contribution is 14.1. The van der Waals surface area contributed by atoms with Gasteiger partial charge >= 0.3 is 0 Å². The number of anilines is 1. The van der Waals surface area contributed by atoms with Crippen LogP contribution in [0.25, 0.3) is 10.9 Å². The van der Waals surface area contributed by atoms with Crippen LogP contribution in [0.5, 0.6) is 0 Å². The normalized spacial score (nSPS) is 10.8. The average molecular weight is 453 g/mol. The second-order valence-electron chi connectivity index (χ2n) is 4.92. The van der Waals surface area contributed by atoms with E-state index in [9.17, 15) is 0 Å². The maximum absolute atomic E-state index is 4.52. The van der Waals surface area contributed by atoms with Crippen molar-refractivity contribution in [1.29, 1.82) is 0 Å². The van der Waals surface area contributed by atoms with Gasteiger partial charge in [0.25, 0.3) is 0 Å². The molecular weight excluding hydrogens is 439 g/mol. The summed E-state index contributed by atoms with van der Waals surface area (Å²) in [7, 11) is 0. The minimum atomic E-state index is 0.766. The van der Waals surface area contributed by atoms with Gasteiger partial charge in [0.1, 0.15) is 0 Å². The Morgan fingerprint density at radius 3 is 2.86 bits per heavy atom. The van der Waals surface area contributed by atoms with Gasteiger partial charge in [-0.15, -0.1) is 0 Å². The Morgan fingerprint density at radius 2 is 2.05 bits per heavy atom. The Hall–Kier alpha value is -1.14. The number of rotatable bonds is 3. The molecule has 21 heavy (non-hydrogen) atoms. The Labute approximate surface area is 146 Å². The fourth-order valence-corrected chi connectivity index (χ4v) is 3.45. The van der Waals surface area contributed by atoms with Crippen LogP contribution in [-0.2, 0) is 6.54 Å². The first-order valence-electron chi connectivity index (χ1n) is 6.67. The first-order valence-corrected chi connectivity index (χ1v) is 8.54. The minimum absolute atomic E-state index is 0.766. The Kier molecular flexibility index (Phi) is 4.45. The van der Waals surface area contributed by atoms with E-state index in [4.69, 9.17) is 0 Å². The summed E-state index contributed by atoms with van der Waals surface area (Å²) in [4.78, 5) is 4.52. The van der Waals surface area contributed by atoms with Crippen LogP contribution in [0.2, 0.25) is 0 Å². The number of aryl methyl sites for hydroxylation is 1. The molecule has 0 atom stereocenters. The van der Waals surface area contributed by atoms with Gasteiger partial charge in [0.15, 0.2) is 0 Å². The Balaban J connectivity index is 1.90. The zero-order valence-electron chi connectivity index (χ0n) is 11.5. The molecule has 3 rings (SSSR count). The molecule has 0 radical (unpaired) electrons. The largest absolute Gasteiger partial charge is 0.381 e. The van der Waals surface area contributed by atoms with Crippen molar-refractivity contribution in [2.24, 2.45) is 0 Å². The van der Waals surface area contributed by atoms with Crippen LogP contribution in [0.4, 0.5) is 5.69 Å². The number of hydrogen-bond donors (Lipinski definition) is 1. The van der Waals surface area contributed by atoms with E-state index < -0.39 is 0 Å². The van der Waals surface area contributed by atoms with E-state index in [0.717, 1.165) is 21.9 Å². The quantitative estimate of drug-likeness (QED) is 0.529. The van der Waals surface area contributed by atoms with Gasteiger partial charge in [-0.2, -0.15) is 0 Å². The molecule has 0 aliphatic heterocycles. The smallest absolute Gasteiger partial charge is 0.0763 e. The number of fused-ring (bicyclic) bond motifs is 1. The summed E-state index contributed by atoms with van der Waals surface area (Å²) >= 11 is 5.92. The fourth-order valence-electron chi connectivity index (χ4n) is 2.35. The third-order valence-corrected chi connectivity index (χ3v) is 4.82. The van der Waals surface area contributed by atoms with Gasteiger partial charge in [0.2, 0.25) is 0 Å². The second kappa shape index (κ2) is 6.32. The van der Waals surface area contributed by atoms with Crippen molar-refractivity contribution in [1.82, 2.24) is 4.98 Å². The maximum Gasteiger partial charge on any atom is 0.0763 e. The molecule has 4 heteroatoms. The van der Waals surface area contributed by atoms with Crippen molar-refractivity contribution >= 4 is 55.1 Å². The highest BCUT2D eigenvalue weighted by atomic mass is 127. The van der Waals surface area contributed by atoms with Crippen LogP contribution in [0, 0.1) is 10.5 Å². The molecule has 1 aromatic heterocycles. The minimum Gasteiger partial charge on any atom is -0.381 e. The lowest BCUT2D eigenvalue weighted by Crippen LogP contribution is -2.02. The molecule has 0 spiro atoms. The van der Waals surface area contributed by atoms with Gasteiger partial charge in [-0.3, -0.25) is 4.98 Å². The van der Waals surface area contributed by atoms with E-state index in [0.29, 0.717) is 0 Å². The number of hydrogen-bond acceptors (Lipinski definition) is 2. The number of halogens is 2. The highest BCUT2D eigenvalue weighted by Crippen LogP contribution is 2.26. The number of aromatic nitrogens is 1. The molecule has 0 fully saturated rings. The fraction of sp³-hybridized carbons (Fsp3) is 0.118. The summed E-state index contributed by atoms with van der Waals surface area (Å²) in [6.45, 7) is 2.89. The molecule has 2 aromatic carbocycles. The molecule has 3 aromatic rings. The van der Waals surface area contributed by atoms with E-state index in [1.165, 1.54) is 20.4 Å². The highest BCUT2D eigenvalue weighted by Gasteiger charge is 2.06. The predicted octanol–water partition coefficient (Wildman–Crippen LogP) is 5.52.